The summed E-state index contributed by atoms with van der Waals surface area (Å²) >= 11 is 11.1. The third kappa shape index (κ3) is 3.85. The molecular formula is C15H15ClN2OS. The molecule has 0 spiro atoms. The summed E-state index contributed by atoms with van der Waals surface area (Å²) in [5.41, 5.74) is 8.31. The lowest BCUT2D eigenvalue weighted by atomic mass is 10.1. The first-order valence-corrected chi connectivity index (χ1v) is 6.96. The van der Waals surface area contributed by atoms with Gasteiger partial charge in [0.1, 0.15) is 10.7 Å². The Bertz CT molecular complexity index is 614. The van der Waals surface area contributed by atoms with Crippen molar-refractivity contribution in [3.63, 3.8) is 0 Å². The average Bonchev–Trinajstić information content (AvgIpc) is 2.42. The van der Waals surface area contributed by atoms with E-state index in [4.69, 9.17) is 29.6 Å². The second-order valence-corrected chi connectivity index (χ2v) is 5.25. The van der Waals surface area contributed by atoms with Crippen LogP contribution in [0.25, 0.3) is 0 Å². The standard InChI is InChI=1S/C15H15ClN2OS/c16-13-9-11(15(17)20)3-6-14(13)18-8-7-10-1-4-12(19)5-2-10/h1-6,9,18-19H,7-8H2,(H2,17,20). The van der Waals surface area contributed by atoms with Crippen LogP contribution in [0.2, 0.25) is 5.02 Å². The van der Waals surface area contributed by atoms with Crippen molar-refractivity contribution in [2.75, 3.05) is 11.9 Å². The van der Waals surface area contributed by atoms with Gasteiger partial charge in [0.05, 0.1) is 10.7 Å². The van der Waals surface area contributed by atoms with Gasteiger partial charge in [0.2, 0.25) is 0 Å². The molecule has 104 valence electrons. The van der Waals surface area contributed by atoms with Gasteiger partial charge >= 0.3 is 0 Å². The first kappa shape index (κ1) is 14.6. The van der Waals surface area contributed by atoms with E-state index in [1.807, 2.05) is 24.3 Å². The van der Waals surface area contributed by atoms with Crippen LogP contribution < -0.4 is 11.1 Å². The van der Waals surface area contributed by atoms with Crippen molar-refractivity contribution in [3.05, 3.63) is 58.6 Å². The van der Waals surface area contributed by atoms with Crippen molar-refractivity contribution < 1.29 is 5.11 Å². The summed E-state index contributed by atoms with van der Waals surface area (Å²) in [6, 6.07) is 12.6. The fraction of sp³-hybridized carbons (Fsp3) is 0.133. The molecule has 2 rings (SSSR count). The van der Waals surface area contributed by atoms with Crippen molar-refractivity contribution in [3.8, 4) is 5.75 Å². The third-order valence-electron chi connectivity index (χ3n) is 2.92. The predicted octanol–water partition coefficient (Wildman–Crippen LogP) is 3.33. The first-order chi connectivity index (χ1) is 9.56. The fourth-order valence-corrected chi connectivity index (χ4v) is 2.19. The molecule has 4 N–H and O–H groups in total. The van der Waals surface area contributed by atoms with Crippen LogP contribution in [-0.2, 0) is 6.42 Å². The highest BCUT2D eigenvalue weighted by Gasteiger charge is 2.03. The lowest BCUT2D eigenvalue weighted by Crippen LogP contribution is -2.10. The van der Waals surface area contributed by atoms with E-state index >= 15 is 0 Å². The number of halogens is 1. The van der Waals surface area contributed by atoms with Gasteiger partial charge in [0.15, 0.2) is 0 Å². The molecule has 5 heteroatoms. The summed E-state index contributed by atoms with van der Waals surface area (Å²) in [6.45, 7) is 0.747. The molecule has 3 nitrogen and oxygen atoms in total. The highest BCUT2D eigenvalue weighted by molar-refractivity contribution is 7.80. The zero-order valence-electron chi connectivity index (χ0n) is 10.8. The average molecular weight is 307 g/mol. The molecule has 0 aromatic heterocycles. The second-order valence-electron chi connectivity index (χ2n) is 4.40. The lowest BCUT2D eigenvalue weighted by molar-refractivity contribution is 0.475. The van der Waals surface area contributed by atoms with E-state index in [1.54, 1.807) is 18.2 Å². The normalized spacial score (nSPS) is 10.2. The third-order valence-corrected chi connectivity index (χ3v) is 3.47. The van der Waals surface area contributed by atoms with E-state index in [0.29, 0.717) is 10.0 Å². The largest absolute Gasteiger partial charge is 0.508 e. The van der Waals surface area contributed by atoms with Crippen LogP contribution in [0.3, 0.4) is 0 Å². The molecule has 2 aromatic carbocycles. The number of phenols is 1. The summed E-state index contributed by atoms with van der Waals surface area (Å²) in [4.78, 5) is 0.336. The van der Waals surface area contributed by atoms with E-state index in [1.165, 1.54) is 0 Å². The van der Waals surface area contributed by atoms with Gasteiger partial charge < -0.3 is 16.2 Å². The fourth-order valence-electron chi connectivity index (χ4n) is 1.82. The number of nitrogens with one attached hydrogen (secondary N) is 1. The van der Waals surface area contributed by atoms with E-state index in [9.17, 15) is 5.11 Å². The summed E-state index contributed by atoms with van der Waals surface area (Å²) < 4.78 is 0. The summed E-state index contributed by atoms with van der Waals surface area (Å²) in [5, 5.41) is 13.1. The molecule has 0 radical (unpaired) electrons. The van der Waals surface area contributed by atoms with Gasteiger partial charge in [0.25, 0.3) is 0 Å². The Morgan fingerprint density at radius 3 is 2.50 bits per heavy atom. The molecular weight excluding hydrogens is 292 g/mol. The van der Waals surface area contributed by atoms with E-state index in [2.05, 4.69) is 5.32 Å². The molecule has 0 saturated carbocycles. The number of phenolic OH excluding ortho intramolecular Hbond substituents is 1. The predicted molar refractivity (Wildman–Crippen MR) is 87.6 cm³/mol. The number of benzene rings is 2. The summed E-state index contributed by atoms with van der Waals surface area (Å²) in [5.74, 6) is 0.276. The minimum Gasteiger partial charge on any atom is -0.508 e. The van der Waals surface area contributed by atoms with Crippen LogP contribution >= 0.6 is 23.8 Å². The van der Waals surface area contributed by atoms with Gasteiger partial charge in [-0.05, 0) is 42.3 Å². The van der Waals surface area contributed by atoms with Gasteiger partial charge in [-0.3, -0.25) is 0 Å². The van der Waals surface area contributed by atoms with E-state index in [0.717, 1.165) is 29.8 Å². The number of thiocarbonyl (C=S) groups is 1. The maximum Gasteiger partial charge on any atom is 0.115 e. The quantitative estimate of drug-likeness (QED) is 0.742. The van der Waals surface area contributed by atoms with Gasteiger partial charge in [0, 0.05) is 12.1 Å². The molecule has 0 heterocycles. The molecule has 20 heavy (non-hydrogen) atoms. The number of nitrogens with two attached hydrogens (primary N) is 1. The molecule has 0 aliphatic rings. The van der Waals surface area contributed by atoms with Gasteiger partial charge in [-0.25, -0.2) is 0 Å². The number of hydrogen-bond donors (Lipinski definition) is 3. The number of aromatic hydroxyl groups is 1. The molecule has 0 bridgehead atoms. The van der Waals surface area contributed by atoms with Crippen LogP contribution in [0.5, 0.6) is 5.75 Å². The molecule has 0 unspecified atom stereocenters. The molecule has 2 aromatic rings. The van der Waals surface area contributed by atoms with Crippen LogP contribution in [0.1, 0.15) is 11.1 Å². The van der Waals surface area contributed by atoms with Crippen molar-refractivity contribution in [2.24, 2.45) is 5.73 Å². The van der Waals surface area contributed by atoms with Crippen LogP contribution in [0, 0.1) is 0 Å². The van der Waals surface area contributed by atoms with E-state index < -0.39 is 0 Å². The Kier molecular flexibility index (Phi) is 4.82. The minimum absolute atomic E-state index is 0.276. The van der Waals surface area contributed by atoms with Crippen LogP contribution in [-0.4, -0.2) is 16.6 Å². The van der Waals surface area contributed by atoms with Gasteiger partial charge in [-0.15, -0.1) is 0 Å². The number of hydrogen-bond acceptors (Lipinski definition) is 3. The molecule has 0 amide bonds. The second kappa shape index (κ2) is 6.59. The molecule has 0 saturated heterocycles. The van der Waals surface area contributed by atoms with E-state index in [-0.39, 0.29) is 5.75 Å². The Morgan fingerprint density at radius 2 is 1.90 bits per heavy atom. The smallest absolute Gasteiger partial charge is 0.115 e. The van der Waals surface area contributed by atoms with Crippen molar-refractivity contribution >= 4 is 34.5 Å². The van der Waals surface area contributed by atoms with Crippen molar-refractivity contribution in [1.29, 1.82) is 0 Å². The molecule has 0 atom stereocenters. The van der Waals surface area contributed by atoms with Crippen molar-refractivity contribution in [1.82, 2.24) is 0 Å². The monoisotopic (exact) mass is 306 g/mol. The lowest BCUT2D eigenvalue weighted by Gasteiger charge is -2.10. The molecule has 0 fully saturated rings. The zero-order valence-corrected chi connectivity index (χ0v) is 12.3. The number of anilines is 1. The van der Waals surface area contributed by atoms with Gasteiger partial charge in [-0.1, -0.05) is 36.0 Å². The number of rotatable bonds is 5. The molecule has 0 aliphatic heterocycles. The Hall–Kier alpha value is -1.78. The first-order valence-electron chi connectivity index (χ1n) is 6.17. The Labute approximate surface area is 128 Å². The van der Waals surface area contributed by atoms with Crippen LogP contribution in [0.15, 0.2) is 42.5 Å². The maximum atomic E-state index is 9.21. The van der Waals surface area contributed by atoms with Gasteiger partial charge in [-0.2, -0.15) is 0 Å². The Balaban J connectivity index is 1.94. The van der Waals surface area contributed by atoms with Crippen molar-refractivity contribution in [2.45, 2.75) is 6.42 Å². The Morgan fingerprint density at radius 1 is 1.20 bits per heavy atom. The SMILES string of the molecule is NC(=S)c1ccc(NCCc2ccc(O)cc2)c(Cl)c1. The molecule has 0 aliphatic carbocycles. The minimum atomic E-state index is 0.276. The zero-order chi connectivity index (χ0) is 14.5. The highest BCUT2D eigenvalue weighted by Crippen LogP contribution is 2.23. The topological polar surface area (TPSA) is 58.3 Å². The van der Waals surface area contributed by atoms with Crippen LogP contribution in [0.4, 0.5) is 5.69 Å². The summed E-state index contributed by atoms with van der Waals surface area (Å²) in [6.07, 6.45) is 0.841. The maximum absolute atomic E-state index is 9.21. The highest BCUT2D eigenvalue weighted by atomic mass is 35.5. The summed E-state index contributed by atoms with van der Waals surface area (Å²) in [7, 11) is 0.